The first-order valence-electron chi connectivity index (χ1n) is 10.7. The van der Waals surface area contributed by atoms with E-state index in [1.165, 1.54) is 24.3 Å². The molecule has 0 amide bonds. The molecule has 6 heteroatoms. The molecule has 6 nitrogen and oxygen atoms in total. The Morgan fingerprint density at radius 1 is 0.812 bits per heavy atom. The van der Waals surface area contributed by atoms with Crippen LogP contribution in [0.3, 0.4) is 0 Å². The first kappa shape index (κ1) is 23.2. The number of nitrogens with zero attached hydrogens (tertiary/aromatic N) is 1. The van der Waals surface area contributed by atoms with Crippen molar-refractivity contribution in [1.82, 2.24) is 4.90 Å². The second kappa shape index (κ2) is 10.2. The van der Waals surface area contributed by atoms with E-state index in [2.05, 4.69) is 18.7 Å². The van der Waals surface area contributed by atoms with Crippen LogP contribution >= 0.6 is 0 Å². The fourth-order valence-electron chi connectivity index (χ4n) is 3.98. The summed E-state index contributed by atoms with van der Waals surface area (Å²) in [6.07, 6.45) is 5.57. The van der Waals surface area contributed by atoms with Crippen molar-refractivity contribution in [2.45, 2.75) is 32.7 Å². The predicted molar refractivity (Wildman–Crippen MR) is 124 cm³/mol. The van der Waals surface area contributed by atoms with Crippen molar-refractivity contribution in [2.75, 3.05) is 13.1 Å². The van der Waals surface area contributed by atoms with Gasteiger partial charge in [0.2, 0.25) is 0 Å². The molecule has 32 heavy (non-hydrogen) atoms. The summed E-state index contributed by atoms with van der Waals surface area (Å²) in [5, 5.41) is 18.2. The van der Waals surface area contributed by atoms with Crippen molar-refractivity contribution in [3.63, 3.8) is 0 Å². The molecule has 0 aromatic heterocycles. The number of hydrogen-bond donors (Lipinski definition) is 2. The number of piperidine rings is 1. The van der Waals surface area contributed by atoms with Gasteiger partial charge in [0, 0.05) is 30.3 Å². The van der Waals surface area contributed by atoms with Gasteiger partial charge in [-0.2, -0.15) is 0 Å². The Morgan fingerprint density at radius 2 is 1.19 bits per heavy atom. The van der Waals surface area contributed by atoms with Gasteiger partial charge in [-0.15, -0.1) is 0 Å². The zero-order chi connectivity index (χ0) is 23.3. The van der Waals surface area contributed by atoms with Crippen LogP contribution < -0.4 is 0 Å². The lowest BCUT2D eigenvalue weighted by atomic mass is 9.92. The van der Waals surface area contributed by atoms with Gasteiger partial charge in [-0.3, -0.25) is 9.69 Å². The third-order valence-corrected chi connectivity index (χ3v) is 5.79. The van der Waals surface area contributed by atoms with Gasteiger partial charge < -0.3 is 10.2 Å². The number of likely N-dealkylation sites (tertiary alicyclic amines) is 1. The lowest BCUT2D eigenvalue weighted by molar-refractivity contribution is -0.113. The van der Waals surface area contributed by atoms with Crippen molar-refractivity contribution >= 4 is 29.9 Å². The average molecular weight is 434 g/mol. The molecule has 1 aliphatic heterocycles. The van der Waals surface area contributed by atoms with Crippen LogP contribution in [-0.2, 0) is 4.79 Å². The molecule has 1 heterocycles. The summed E-state index contributed by atoms with van der Waals surface area (Å²) in [5.74, 6) is -2.02. The van der Waals surface area contributed by atoms with Crippen LogP contribution in [0.15, 0.2) is 59.7 Å². The summed E-state index contributed by atoms with van der Waals surface area (Å²) in [6, 6.07) is 13.3. The molecular weight excluding hydrogens is 406 g/mol. The molecule has 1 fully saturated rings. The van der Waals surface area contributed by atoms with Crippen molar-refractivity contribution in [3.8, 4) is 0 Å². The standard InChI is InChI=1S/C26H27NO5/c1-3-23(4-2)27-15-21(13-17-5-9-19(10-6-17)25(29)30)24(28)22(16-27)14-18-7-11-20(12-8-18)26(31)32/h5-14,23H,3-4,15-16H2,1-2H3,(H,29,30)(H,31,32)/b21-13-,22-14-. The summed E-state index contributed by atoms with van der Waals surface area (Å²) < 4.78 is 0. The third kappa shape index (κ3) is 5.39. The molecule has 0 saturated carbocycles. The fourth-order valence-corrected chi connectivity index (χ4v) is 3.98. The molecule has 2 N–H and O–H groups in total. The summed E-state index contributed by atoms with van der Waals surface area (Å²) in [4.78, 5) is 37.8. The Hall–Kier alpha value is -3.51. The summed E-state index contributed by atoms with van der Waals surface area (Å²) >= 11 is 0. The van der Waals surface area contributed by atoms with Crippen LogP contribution in [0, 0.1) is 0 Å². The molecular formula is C26H27NO5. The van der Waals surface area contributed by atoms with E-state index in [0.29, 0.717) is 30.3 Å². The molecule has 0 bridgehead atoms. The van der Waals surface area contributed by atoms with E-state index in [1.807, 2.05) is 12.2 Å². The van der Waals surface area contributed by atoms with Crippen LogP contribution in [0.1, 0.15) is 58.5 Å². The van der Waals surface area contributed by atoms with Gasteiger partial charge >= 0.3 is 11.9 Å². The Balaban J connectivity index is 1.96. The highest BCUT2D eigenvalue weighted by Gasteiger charge is 2.29. The highest BCUT2D eigenvalue weighted by molar-refractivity contribution is 6.14. The van der Waals surface area contributed by atoms with Crippen molar-refractivity contribution in [3.05, 3.63) is 81.9 Å². The molecule has 0 radical (unpaired) electrons. The normalized spacial score (nSPS) is 17.3. The average Bonchev–Trinajstić information content (AvgIpc) is 2.78. The molecule has 0 atom stereocenters. The number of carboxylic acid groups (broad SMARTS) is 2. The summed E-state index contributed by atoms with van der Waals surface area (Å²) in [6.45, 7) is 5.32. The predicted octanol–water partition coefficient (Wildman–Crippen LogP) is 4.62. The second-order valence-electron chi connectivity index (χ2n) is 7.90. The summed E-state index contributed by atoms with van der Waals surface area (Å²) in [5.41, 5.74) is 3.25. The van der Waals surface area contributed by atoms with E-state index >= 15 is 0 Å². The quantitative estimate of drug-likeness (QED) is 0.619. The summed E-state index contributed by atoms with van der Waals surface area (Å²) in [7, 11) is 0. The minimum absolute atomic E-state index is 0.0446. The Bertz CT molecular complexity index is 981. The van der Waals surface area contributed by atoms with Gasteiger partial charge in [0.15, 0.2) is 5.78 Å². The van der Waals surface area contributed by atoms with Gasteiger partial charge in [0.05, 0.1) is 11.1 Å². The number of carboxylic acids is 2. The van der Waals surface area contributed by atoms with Crippen molar-refractivity contribution in [1.29, 1.82) is 0 Å². The molecule has 2 aromatic carbocycles. The highest BCUT2D eigenvalue weighted by atomic mass is 16.4. The molecule has 1 aliphatic rings. The van der Waals surface area contributed by atoms with Gasteiger partial charge in [-0.05, 0) is 60.4 Å². The molecule has 1 saturated heterocycles. The zero-order valence-corrected chi connectivity index (χ0v) is 18.2. The maximum Gasteiger partial charge on any atom is 0.335 e. The van der Waals surface area contributed by atoms with E-state index in [1.54, 1.807) is 24.3 Å². The van der Waals surface area contributed by atoms with Crippen LogP contribution in [0.4, 0.5) is 0 Å². The van der Waals surface area contributed by atoms with Crippen LogP contribution in [-0.4, -0.2) is 52.0 Å². The minimum atomic E-state index is -0.989. The number of benzene rings is 2. The topological polar surface area (TPSA) is 94.9 Å². The van der Waals surface area contributed by atoms with Crippen molar-refractivity contribution < 1.29 is 24.6 Å². The Labute approximate surface area is 187 Å². The monoisotopic (exact) mass is 433 g/mol. The third-order valence-electron chi connectivity index (χ3n) is 5.79. The number of ketones is 1. The van der Waals surface area contributed by atoms with Gasteiger partial charge in [-0.25, -0.2) is 9.59 Å². The van der Waals surface area contributed by atoms with E-state index in [-0.39, 0.29) is 16.9 Å². The van der Waals surface area contributed by atoms with Gasteiger partial charge in [-0.1, -0.05) is 38.1 Å². The maximum absolute atomic E-state index is 13.3. The van der Waals surface area contributed by atoms with Crippen LogP contribution in [0.2, 0.25) is 0 Å². The Kier molecular flexibility index (Phi) is 7.38. The smallest absolute Gasteiger partial charge is 0.335 e. The first-order chi connectivity index (χ1) is 15.3. The molecule has 166 valence electrons. The lowest BCUT2D eigenvalue weighted by Gasteiger charge is -2.35. The van der Waals surface area contributed by atoms with E-state index < -0.39 is 11.9 Å². The van der Waals surface area contributed by atoms with Gasteiger partial charge in [0.25, 0.3) is 0 Å². The largest absolute Gasteiger partial charge is 0.478 e. The SMILES string of the molecule is CCC(CC)N1C/C(=C/c2ccc(C(=O)O)cc2)C(=O)/C(=C\c2ccc(C(=O)O)cc2)C1. The van der Waals surface area contributed by atoms with Gasteiger partial charge in [0.1, 0.15) is 0 Å². The number of Topliss-reactive ketones (excluding diaryl/α,β-unsaturated/α-hetero) is 1. The van der Waals surface area contributed by atoms with E-state index in [0.717, 1.165) is 24.0 Å². The first-order valence-corrected chi connectivity index (χ1v) is 10.7. The second-order valence-corrected chi connectivity index (χ2v) is 7.90. The number of carbonyl (C=O) groups is 3. The van der Waals surface area contributed by atoms with E-state index in [9.17, 15) is 14.4 Å². The lowest BCUT2D eigenvalue weighted by Crippen LogP contribution is -2.43. The molecule has 0 spiro atoms. The zero-order valence-electron chi connectivity index (χ0n) is 18.2. The number of rotatable bonds is 7. The maximum atomic E-state index is 13.3. The highest BCUT2D eigenvalue weighted by Crippen LogP contribution is 2.25. The van der Waals surface area contributed by atoms with E-state index in [4.69, 9.17) is 10.2 Å². The van der Waals surface area contributed by atoms with Crippen LogP contribution in [0.25, 0.3) is 12.2 Å². The molecule has 2 aromatic rings. The minimum Gasteiger partial charge on any atom is -0.478 e. The molecule has 3 rings (SSSR count). The number of hydrogen-bond acceptors (Lipinski definition) is 4. The molecule has 0 aliphatic carbocycles. The van der Waals surface area contributed by atoms with Crippen molar-refractivity contribution in [2.24, 2.45) is 0 Å². The fraction of sp³-hybridized carbons (Fsp3) is 0.269. The number of aromatic carboxylic acids is 2. The molecule has 0 unspecified atom stereocenters. The number of carbonyl (C=O) groups excluding carboxylic acids is 1. The Morgan fingerprint density at radius 3 is 1.50 bits per heavy atom. The van der Waals surface area contributed by atoms with Crippen LogP contribution in [0.5, 0.6) is 0 Å².